The Balaban J connectivity index is 1.11. The molecular weight excluding hydrogens is 492 g/mol. The monoisotopic (exact) mass is 528 g/mol. The molecule has 7 heteroatoms. The third-order valence-electron chi connectivity index (χ3n) is 8.39. The molecule has 0 spiro atoms. The fraction of sp³-hybridized carbons (Fsp3) is 0.419. The number of amides is 1. The van der Waals surface area contributed by atoms with E-state index in [1.807, 2.05) is 11.0 Å². The van der Waals surface area contributed by atoms with Gasteiger partial charge in [-0.3, -0.25) is 14.7 Å². The summed E-state index contributed by atoms with van der Waals surface area (Å²) < 4.78 is 1.07. The van der Waals surface area contributed by atoms with Crippen molar-refractivity contribution in [1.82, 2.24) is 14.7 Å². The van der Waals surface area contributed by atoms with E-state index in [4.69, 9.17) is 0 Å². The second-order valence-electron chi connectivity index (χ2n) is 11.0. The highest BCUT2D eigenvalue weighted by Crippen LogP contribution is 2.36. The number of piperidine rings is 2. The Bertz CT molecular complexity index is 1350. The summed E-state index contributed by atoms with van der Waals surface area (Å²) in [6, 6.07) is 23.2. The van der Waals surface area contributed by atoms with Crippen molar-refractivity contribution < 1.29 is 9.90 Å². The smallest absolute Gasteiger partial charge is 0.226 e. The lowest BCUT2D eigenvalue weighted by atomic mass is 9.79. The van der Waals surface area contributed by atoms with Crippen molar-refractivity contribution in [1.29, 1.82) is 0 Å². The predicted molar refractivity (Wildman–Crippen MR) is 151 cm³/mol. The molecule has 0 bridgehead atoms. The number of likely N-dealkylation sites (tertiary alicyclic amines) is 2. The van der Waals surface area contributed by atoms with Crippen LogP contribution in [0.2, 0.25) is 0 Å². The molecule has 0 unspecified atom stereocenters. The molecule has 2 aromatic carbocycles. The number of carbonyl (C=O) groups excluding carboxylic acids is 1. The Kier molecular flexibility index (Phi) is 7.32. The third kappa shape index (κ3) is 5.55. The first-order valence-corrected chi connectivity index (χ1v) is 14.6. The minimum Gasteiger partial charge on any atom is -0.388 e. The molecule has 4 heterocycles. The topological polar surface area (TPSA) is 59.4 Å². The van der Waals surface area contributed by atoms with Crippen LogP contribution in [0, 0.1) is 5.92 Å². The molecule has 2 fully saturated rings. The van der Waals surface area contributed by atoms with Gasteiger partial charge in [-0.2, -0.15) is 0 Å². The van der Waals surface area contributed by atoms with Gasteiger partial charge in [-0.1, -0.05) is 60.7 Å². The van der Waals surface area contributed by atoms with Crippen LogP contribution < -0.4 is 9.89 Å². The van der Waals surface area contributed by atoms with Gasteiger partial charge in [-0.15, -0.1) is 11.3 Å². The van der Waals surface area contributed by atoms with Crippen molar-refractivity contribution in [2.24, 2.45) is 10.9 Å². The number of carbonyl (C=O) groups is 1. The van der Waals surface area contributed by atoms with E-state index in [0.717, 1.165) is 35.9 Å². The van der Waals surface area contributed by atoms with Gasteiger partial charge in [0, 0.05) is 56.0 Å². The van der Waals surface area contributed by atoms with E-state index in [-0.39, 0.29) is 17.7 Å². The second kappa shape index (κ2) is 11.0. The van der Waals surface area contributed by atoms with E-state index in [9.17, 15) is 9.90 Å². The fourth-order valence-electron chi connectivity index (χ4n) is 6.28. The van der Waals surface area contributed by atoms with Gasteiger partial charge in [0.15, 0.2) is 0 Å². The summed E-state index contributed by atoms with van der Waals surface area (Å²) in [5.74, 6) is 0.399. The van der Waals surface area contributed by atoms with Gasteiger partial charge in [0.2, 0.25) is 5.91 Å². The molecule has 3 aliphatic rings. The number of β-amino-alcohol motifs (C(OH)–C–C–N with tert-alkyl or cyclic N) is 1. The minimum atomic E-state index is -0.797. The maximum atomic E-state index is 13.9. The summed E-state index contributed by atoms with van der Waals surface area (Å²) in [5.41, 5.74) is 1.76. The molecule has 1 N–H and O–H groups in total. The summed E-state index contributed by atoms with van der Waals surface area (Å²) in [5, 5.41) is 14.6. The number of aliphatic hydroxyl groups is 1. The van der Waals surface area contributed by atoms with E-state index in [0.29, 0.717) is 39.1 Å². The highest BCUT2D eigenvalue weighted by Gasteiger charge is 2.41. The molecule has 0 radical (unpaired) electrons. The molecular formula is C31H36N4O2S. The van der Waals surface area contributed by atoms with Crippen LogP contribution in [0.15, 0.2) is 77.1 Å². The van der Waals surface area contributed by atoms with E-state index in [1.54, 1.807) is 11.3 Å². The standard InChI is InChI=1S/C31H36N4O2S/c36-30(35-16-13-31(37,14-17-35)22-34-20-26-12-18-38-29(26)32-23-34)27-11-15-33(19-24-7-3-1-4-8-24)21-28(27)25-9-5-2-6-10-25/h1-10,12,18,20,27-28,37H,11,13-17,19,21-23H2/t27-,28+/m0/s1. The number of benzene rings is 2. The van der Waals surface area contributed by atoms with E-state index in [2.05, 4.69) is 87.0 Å². The van der Waals surface area contributed by atoms with Crippen LogP contribution in [0.3, 0.4) is 0 Å². The van der Waals surface area contributed by atoms with Crippen LogP contribution in [-0.2, 0) is 11.3 Å². The Morgan fingerprint density at radius 1 is 1.00 bits per heavy atom. The summed E-state index contributed by atoms with van der Waals surface area (Å²) in [7, 11) is 0. The Morgan fingerprint density at radius 2 is 1.74 bits per heavy atom. The molecule has 1 amide bonds. The zero-order chi connectivity index (χ0) is 26.0. The van der Waals surface area contributed by atoms with Crippen molar-refractivity contribution in [2.45, 2.75) is 37.3 Å². The summed E-state index contributed by atoms with van der Waals surface area (Å²) in [4.78, 5) is 25.2. The Hall–Kier alpha value is -3.00. The number of thiophene rings is 1. The van der Waals surface area contributed by atoms with Crippen LogP contribution in [-0.4, -0.2) is 70.7 Å². The summed E-state index contributed by atoms with van der Waals surface area (Å²) >= 11 is 1.65. The average Bonchev–Trinajstić information content (AvgIpc) is 3.42. The number of hydrogen-bond donors (Lipinski definition) is 1. The molecule has 198 valence electrons. The van der Waals surface area contributed by atoms with E-state index < -0.39 is 5.60 Å². The fourth-order valence-corrected chi connectivity index (χ4v) is 7.01. The van der Waals surface area contributed by atoms with Crippen LogP contribution in [0.5, 0.6) is 0 Å². The first-order chi connectivity index (χ1) is 18.6. The largest absolute Gasteiger partial charge is 0.388 e. The van der Waals surface area contributed by atoms with Gasteiger partial charge in [0.05, 0.1) is 5.60 Å². The molecule has 3 aliphatic heterocycles. The summed E-state index contributed by atoms with van der Waals surface area (Å²) in [6.07, 6.45) is 4.17. The van der Waals surface area contributed by atoms with Crippen molar-refractivity contribution in [2.75, 3.05) is 39.4 Å². The predicted octanol–water partition coefficient (Wildman–Crippen LogP) is 3.04. The minimum absolute atomic E-state index is 0.0261. The van der Waals surface area contributed by atoms with Gasteiger partial charge < -0.3 is 14.9 Å². The van der Waals surface area contributed by atoms with Crippen LogP contribution in [0.4, 0.5) is 0 Å². The zero-order valence-corrected chi connectivity index (χ0v) is 22.6. The number of hydrogen-bond acceptors (Lipinski definition) is 6. The van der Waals surface area contributed by atoms with Crippen LogP contribution in [0.1, 0.15) is 36.3 Å². The normalized spacial score (nSPS) is 23.3. The Morgan fingerprint density at radius 3 is 2.50 bits per heavy atom. The van der Waals surface area contributed by atoms with Gasteiger partial charge in [0.1, 0.15) is 11.3 Å². The maximum Gasteiger partial charge on any atom is 0.226 e. The molecule has 3 aromatic rings. The maximum absolute atomic E-state index is 13.9. The molecule has 6 rings (SSSR count). The SMILES string of the molecule is O=C([C@H]1CCN(Cc2ccccc2)C[C@@H]1c1ccccc1)N1CCC(O)(CN2C=c3ccsc3=NC2)CC1. The first-order valence-electron chi connectivity index (χ1n) is 13.7. The lowest BCUT2D eigenvalue weighted by Gasteiger charge is -2.44. The zero-order valence-electron chi connectivity index (χ0n) is 21.8. The molecule has 1 aromatic heterocycles. The molecule has 6 nitrogen and oxygen atoms in total. The number of rotatable bonds is 6. The molecule has 0 aliphatic carbocycles. The highest BCUT2D eigenvalue weighted by atomic mass is 32.1. The van der Waals surface area contributed by atoms with Gasteiger partial charge >= 0.3 is 0 Å². The Labute approximate surface area is 228 Å². The van der Waals surface area contributed by atoms with Crippen molar-refractivity contribution in [3.63, 3.8) is 0 Å². The van der Waals surface area contributed by atoms with E-state index in [1.165, 1.54) is 11.1 Å². The molecule has 2 atom stereocenters. The molecule has 2 saturated heterocycles. The van der Waals surface area contributed by atoms with Gasteiger partial charge in [-0.25, -0.2) is 0 Å². The van der Waals surface area contributed by atoms with E-state index >= 15 is 0 Å². The lowest BCUT2D eigenvalue weighted by Crippen LogP contribution is -2.54. The molecule has 0 saturated carbocycles. The number of nitrogens with zero attached hydrogens (tertiary/aromatic N) is 4. The lowest BCUT2D eigenvalue weighted by molar-refractivity contribution is -0.142. The summed E-state index contributed by atoms with van der Waals surface area (Å²) in [6.45, 7) is 5.06. The number of fused-ring (bicyclic) bond motifs is 1. The second-order valence-corrected chi connectivity index (χ2v) is 11.9. The quantitative estimate of drug-likeness (QED) is 0.535. The van der Waals surface area contributed by atoms with Crippen molar-refractivity contribution >= 4 is 23.4 Å². The van der Waals surface area contributed by atoms with Crippen molar-refractivity contribution in [3.05, 3.63) is 93.1 Å². The third-order valence-corrected chi connectivity index (χ3v) is 9.25. The van der Waals surface area contributed by atoms with Gasteiger partial charge in [0.25, 0.3) is 0 Å². The van der Waals surface area contributed by atoms with Gasteiger partial charge in [-0.05, 0) is 48.4 Å². The van der Waals surface area contributed by atoms with Crippen molar-refractivity contribution in [3.8, 4) is 0 Å². The van der Waals surface area contributed by atoms with Crippen LogP contribution in [0.25, 0.3) is 6.20 Å². The highest BCUT2D eigenvalue weighted by molar-refractivity contribution is 7.07. The average molecular weight is 529 g/mol. The first kappa shape index (κ1) is 25.3. The molecule has 38 heavy (non-hydrogen) atoms. The van der Waals surface area contributed by atoms with Crippen LogP contribution >= 0.6 is 11.3 Å².